The molecule has 18 heavy (non-hydrogen) atoms. The second-order valence-electron chi connectivity index (χ2n) is 5.02. The molecule has 0 saturated carbocycles. The molecule has 1 atom stereocenters. The van der Waals surface area contributed by atoms with Crippen molar-refractivity contribution in [3.63, 3.8) is 0 Å². The van der Waals surface area contributed by atoms with Crippen LogP contribution in [0, 0.1) is 5.92 Å². The van der Waals surface area contributed by atoms with Gasteiger partial charge in [0, 0.05) is 19.6 Å². The molecule has 1 saturated heterocycles. The third-order valence-electron chi connectivity index (χ3n) is 2.70. The van der Waals surface area contributed by atoms with Crippen molar-refractivity contribution in [3.8, 4) is 0 Å². The number of rotatable bonds is 6. The van der Waals surface area contributed by atoms with Crippen LogP contribution in [-0.4, -0.2) is 60.8 Å². The minimum Gasteiger partial charge on any atom is -0.481 e. The highest BCUT2D eigenvalue weighted by molar-refractivity contribution is 5.78. The van der Waals surface area contributed by atoms with Crippen LogP contribution in [0.3, 0.4) is 0 Å². The molecule has 1 aliphatic heterocycles. The fourth-order valence-corrected chi connectivity index (χ4v) is 1.82. The number of nitrogens with zero attached hydrogens (tertiary/aromatic N) is 1. The second kappa shape index (κ2) is 7.33. The molecular formula is C12H22N2O4. The van der Waals surface area contributed by atoms with E-state index in [1.165, 1.54) is 0 Å². The number of amides is 1. The maximum absolute atomic E-state index is 11.6. The Morgan fingerprint density at radius 1 is 1.50 bits per heavy atom. The number of carbonyl (C=O) groups excluding carboxylic acids is 1. The van der Waals surface area contributed by atoms with E-state index in [9.17, 15) is 9.59 Å². The first-order valence-corrected chi connectivity index (χ1v) is 6.30. The highest BCUT2D eigenvalue weighted by Crippen LogP contribution is 2.08. The van der Waals surface area contributed by atoms with E-state index in [2.05, 4.69) is 5.32 Å². The molecule has 0 bridgehead atoms. The molecule has 6 nitrogen and oxygen atoms in total. The van der Waals surface area contributed by atoms with Crippen LogP contribution < -0.4 is 5.32 Å². The van der Waals surface area contributed by atoms with Crippen LogP contribution in [0.5, 0.6) is 0 Å². The quantitative estimate of drug-likeness (QED) is 0.697. The van der Waals surface area contributed by atoms with Crippen LogP contribution >= 0.6 is 0 Å². The van der Waals surface area contributed by atoms with E-state index in [4.69, 9.17) is 9.84 Å². The molecule has 0 spiro atoms. The molecule has 2 N–H and O–H groups in total. The third-order valence-corrected chi connectivity index (χ3v) is 2.70. The van der Waals surface area contributed by atoms with Crippen LogP contribution in [0.2, 0.25) is 0 Å². The number of carboxylic acid groups (broad SMARTS) is 1. The van der Waals surface area contributed by atoms with Gasteiger partial charge < -0.3 is 15.2 Å². The normalized spacial score (nSPS) is 20.9. The van der Waals surface area contributed by atoms with Crippen molar-refractivity contribution in [1.82, 2.24) is 10.2 Å². The standard InChI is InChI=1S/C12H22N2O4/c1-9(2)6-13-11(15)8-14-3-4-18-10(7-14)5-12(16)17/h9-10H,3-8H2,1-2H3,(H,13,15)(H,16,17). The van der Waals surface area contributed by atoms with Gasteiger partial charge in [-0.3, -0.25) is 14.5 Å². The third kappa shape index (κ3) is 5.97. The van der Waals surface area contributed by atoms with E-state index in [0.717, 1.165) is 0 Å². The van der Waals surface area contributed by atoms with Crippen molar-refractivity contribution in [2.75, 3.05) is 32.8 Å². The molecule has 1 aliphatic rings. The average Bonchev–Trinajstić information content (AvgIpc) is 2.26. The lowest BCUT2D eigenvalue weighted by molar-refractivity contribution is -0.142. The lowest BCUT2D eigenvalue weighted by atomic mass is 10.2. The number of aliphatic carboxylic acids is 1. The minimum atomic E-state index is -0.869. The Morgan fingerprint density at radius 2 is 2.22 bits per heavy atom. The SMILES string of the molecule is CC(C)CNC(=O)CN1CCOC(CC(=O)O)C1. The molecule has 0 aliphatic carbocycles. The first-order chi connectivity index (χ1) is 8.47. The predicted octanol–water partition coefficient (Wildman–Crippen LogP) is -0.0659. The Hall–Kier alpha value is -1.14. The van der Waals surface area contributed by atoms with Gasteiger partial charge in [0.25, 0.3) is 0 Å². The van der Waals surface area contributed by atoms with Gasteiger partial charge in [0.05, 0.1) is 25.7 Å². The number of carbonyl (C=O) groups is 2. The van der Waals surface area contributed by atoms with Crippen LogP contribution in [0.25, 0.3) is 0 Å². The van der Waals surface area contributed by atoms with E-state index >= 15 is 0 Å². The highest BCUT2D eigenvalue weighted by atomic mass is 16.5. The van der Waals surface area contributed by atoms with Gasteiger partial charge in [-0.25, -0.2) is 0 Å². The summed E-state index contributed by atoms with van der Waals surface area (Å²) in [4.78, 5) is 24.2. The van der Waals surface area contributed by atoms with Crippen LogP contribution in [0.15, 0.2) is 0 Å². The summed E-state index contributed by atoms with van der Waals surface area (Å²) < 4.78 is 5.34. The smallest absolute Gasteiger partial charge is 0.306 e. The summed E-state index contributed by atoms with van der Waals surface area (Å²) in [5, 5.41) is 11.5. The summed E-state index contributed by atoms with van der Waals surface area (Å²) >= 11 is 0. The zero-order chi connectivity index (χ0) is 13.5. The van der Waals surface area contributed by atoms with E-state index in [1.54, 1.807) is 0 Å². The maximum atomic E-state index is 11.6. The summed E-state index contributed by atoms with van der Waals surface area (Å²) in [6.07, 6.45) is -0.321. The predicted molar refractivity (Wildman–Crippen MR) is 66.3 cm³/mol. The Morgan fingerprint density at radius 3 is 2.83 bits per heavy atom. The van der Waals surface area contributed by atoms with E-state index < -0.39 is 5.97 Å². The zero-order valence-corrected chi connectivity index (χ0v) is 11.0. The monoisotopic (exact) mass is 258 g/mol. The Kier molecular flexibility index (Phi) is 6.07. The molecule has 0 radical (unpaired) electrons. The Labute approximate surface area is 107 Å². The number of hydrogen-bond donors (Lipinski definition) is 2. The van der Waals surface area contributed by atoms with Gasteiger partial charge in [-0.2, -0.15) is 0 Å². The number of carboxylic acids is 1. The molecule has 0 aromatic carbocycles. The summed E-state index contributed by atoms with van der Waals surface area (Å²) in [6.45, 7) is 6.71. The molecule has 0 aromatic heterocycles. The minimum absolute atomic E-state index is 0.00981. The van der Waals surface area contributed by atoms with Crippen molar-refractivity contribution in [2.24, 2.45) is 5.92 Å². The molecule has 1 heterocycles. The molecule has 104 valence electrons. The number of morpholine rings is 1. The van der Waals surface area contributed by atoms with Gasteiger partial charge in [0.2, 0.25) is 5.91 Å². The molecule has 6 heteroatoms. The van der Waals surface area contributed by atoms with Crippen molar-refractivity contribution in [3.05, 3.63) is 0 Å². The largest absolute Gasteiger partial charge is 0.481 e. The van der Waals surface area contributed by atoms with Crippen LogP contribution in [0.4, 0.5) is 0 Å². The van der Waals surface area contributed by atoms with Gasteiger partial charge in [-0.05, 0) is 5.92 Å². The topological polar surface area (TPSA) is 78.9 Å². The number of nitrogens with one attached hydrogen (secondary N) is 1. The summed E-state index contributed by atoms with van der Waals surface area (Å²) in [5.41, 5.74) is 0. The van der Waals surface area contributed by atoms with E-state index in [0.29, 0.717) is 38.7 Å². The lowest BCUT2D eigenvalue weighted by Crippen LogP contribution is -2.47. The first-order valence-electron chi connectivity index (χ1n) is 6.30. The van der Waals surface area contributed by atoms with E-state index in [1.807, 2.05) is 18.7 Å². The molecule has 1 unspecified atom stereocenters. The molecule has 1 rings (SSSR count). The maximum Gasteiger partial charge on any atom is 0.306 e. The molecule has 1 amide bonds. The van der Waals surface area contributed by atoms with Crippen molar-refractivity contribution < 1.29 is 19.4 Å². The highest BCUT2D eigenvalue weighted by Gasteiger charge is 2.23. The lowest BCUT2D eigenvalue weighted by Gasteiger charge is -2.31. The van der Waals surface area contributed by atoms with Gasteiger partial charge in [0.15, 0.2) is 0 Å². The summed E-state index contributed by atoms with van der Waals surface area (Å²) in [5.74, 6) is -0.454. The summed E-state index contributed by atoms with van der Waals surface area (Å²) in [6, 6.07) is 0. The van der Waals surface area contributed by atoms with Gasteiger partial charge in [0.1, 0.15) is 0 Å². The average molecular weight is 258 g/mol. The van der Waals surface area contributed by atoms with Crippen molar-refractivity contribution >= 4 is 11.9 Å². The fraction of sp³-hybridized carbons (Fsp3) is 0.833. The van der Waals surface area contributed by atoms with Crippen LogP contribution in [0.1, 0.15) is 20.3 Å². The van der Waals surface area contributed by atoms with Gasteiger partial charge >= 0.3 is 5.97 Å². The summed E-state index contributed by atoms with van der Waals surface area (Å²) in [7, 11) is 0. The van der Waals surface area contributed by atoms with E-state index in [-0.39, 0.29) is 18.4 Å². The van der Waals surface area contributed by atoms with Crippen molar-refractivity contribution in [1.29, 1.82) is 0 Å². The van der Waals surface area contributed by atoms with Gasteiger partial charge in [-0.15, -0.1) is 0 Å². The Bertz CT molecular complexity index is 294. The molecule has 1 fully saturated rings. The second-order valence-corrected chi connectivity index (χ2v) is 5.02. The molecular weight excluding hydrogens is 236 g/mol. The van der Waals surface area contributed by atoms with Crippen molar-refractivity contribution in [2.45, 2.75) is 26.4 Å². The van der Waals surface area contributed by atoms with Gasteiger partial charge in [-0.1, -0.05) is 13.8 Å². The number of hydrogen-bond acceptors (Lipinski definition) is 4. The zero-order valence-electron chi connectivity index (χ0n) is 11.0. The first kappa shape index (κ1) is 14.9. The van der Waals surface area contributed by atoms with Crippen LogP contribution in [-0.2, 0) is 14.3 Å². The Balaban J connectivity index is 2.29. The number of ether oxygens (including phenoxy) is 1. The molecule has 0 aromatic rings. The fourth-order valence-electron chi connectivity index (χ4n) is 1.82.